The molecule has 9 aromatic carbocycles. The highest BCUT2D eigenvalue weighted by atomic mass is 79.9. The van der Waals surface area contributed by atoms with Crippen molar-refractivity contribution < 1.29 is 63.8 Å². The first-order chi connectivity index (χ1) is 55.4. The average molecular weight is 1710 g/mol. The normalized spacial score (nSPS) is 20.3. The van der Waals surface area contributed by atoms with Crippen molar-refractivity contribution in [1.29, 1.82) is 0 Å². The number of halogens is 8. The number of rotatable bonds is 21. The number of quaternary nitrogens is 3. The summed E-state index contributed by atoms with van der Waals surface area (Å²) in [6.07, 6.45) is 6.72. The van der Waals surface area contributed by atoms with Gasteiger partial charge in [0.1, 0.15) is 46.3 Å². The van der Waals surface area contributed by atoms with Gasteiger partial charge in [0.05, 0.1) is 112 Å². The van der Waals surface area contributed by atoms with Crippen LogP contribution in [0.3, 0.4) is 0 Å². The van der Waals surface area contributed by atoms with E-state index in [1.165, 1.54) is 63.2 Å². The molecule has 14 rings (SSSR count). The number of nitrogens with zero attached hydrogens (tertiary/aromatic N) is 4. The smallest absolute Gasteiger partial charge is 0.416 e. The molecular weight excluding hydrogens is 1590 g/mol. The van der Waals surface area contributed by atoms with Gasteiger partial charge >= 0.3 is 6.18 Å². The number of hydrogen-bond donors (Lipinski definition) is 2. The van der Waals surface area contributed by atoms with E-state index < -0.39 is 17.3 Å². The number of pyridine rings is 1. The summed E-state index contributed by atoms with van der Waals surface area (Å²) >= 11 is 15.9. The van der Waals surface area contributed by atoms with Crippen molar-refractivity contribution >= 4 is 44.7 Å². The fourth-order valence-corrected chi connectivity index (χ4v) is 16.1. The fraction of sp³-hybridized carbons (Fsp3) is 0.371. The van der Waals surface area contributed by atoms with Crippen LogP contribution in [0.5, 0.6) is 34.5 Å². The van der Waals surface area contributed by atoms with Crippen molar-refractivity contribution in [3.63, 3.8) is 0 Å². The summed E-state index contributed by atoms with van der Waals surface area (Å²) < 4.78 is 103. The van der Waals surface area contributed by atoms with Crippen LogP contribution >= 0.6 is 39.1 Å². The summed E-state index contributed by atoms with van der Waals surface area (Å²) in [6.45, 7) is 15.7. The van der Waals surface area contributed by atoms with Gasteiger partial charge in [0, 0.05) is 76.2 Å². The van der Waals surface area contributed by atoms with Crippen LogP contribution in [0.15, 0.2) is 247 Å². The number of fused-ring (bicyclic) bond motifs is 2. The Morgan fingerprint density at radius 1 is 0.573 bits per heavy atom. The van der Waals surface area contributed by atoms with E-state index in [4.69, 9.17) is 51.6 Å². The number of ether oxygens (including phenoxy) is 6. The third kappa shape index (κ3) is 25.4. The number of aromatic nitrogens is 1. The van der Waals surface area contributed by atoms with E-state index in [9.17, 15) is 22.0 Å². The molecule has 4 heterocycles. The van der Waals surface area contributed by atoms with Crippen molar-refractivity contribution in [2.75, 3.05) is 130 Å². The summed E-state index contributed by atoms with van der Waals surface area (Å²) in [6, 6.07) is 69.7. The molecule has 0 amide bonds. The molecule has 4 aliphatic rings. The van der Waals surface area contributed by atoms with E-state index in [1.54, 1.807) is 19.2 Å². The van der Waals surface area contributed by atoms with Gasteiger partial charge in [0.15, 0.2) is 11.5 Å². The number of alkyl halides is 3. The van der Waals surface area contributed by atoms with E-state index in [1.807, 2.05) is 135 Å². The molecule has 117 heavy (non-hydrogen) atoms. The summed E-state index contributed by atoms with van der Waals surface area (Å²) in [5.41, 5.74) is 9.65. The molecule has 0 radical (unpaired) electrons. The highest BCUT2D eigenvalue weighted by Gasteiger charge is 2.44. The van der Waals surface area contributed by atoms with Crippen molar-refractivity contribution in [2.24, 2.45) is 10.8 Å². The maximum atomic E-state index is 13.3. The third-order valence-electron chi connectivity index (χ3n) is 22.5. The fourth-order valence-electron chi connectivity index (χ4n) is 15.6. The second-order valence-electron chi connectivity index (χ2n) is 34.8. The Morgan fingerprint density at radius 2 is 1.13 bits per heavy atom. The maximum Gasteiger partial charge on any atom is 0.416 e. The predicted octanol–water partition coefficient (Wildman–Crippen LogP) is 22.6. The second kappa shape index (κ2) is 39.8. The minimum atomic E-state index is -4.34. The van der Waals surface area contributed by atoms with E-state index in [0.29, 0.717) is 46.9 Å². The topological polar surface area (TPSA) is 92.3 Å². The second-order valence-corrected chi connectivity index (χ2v) is 36.5. The van der Waals surface area contributed by atoms with Gasteiger partial charge in [-0.3, -0.25) is 4.98 Å². The largest absolute Gasteiger partial charge is 0.497 e. The minimum absolute atomic E-state index is 0.0174. The SMILES string of the molecule is CC(CC[N+](C)(C)C)(Oc1ccc(C(F)(F)F)cc1)c1ccccc1.CC1(COc2ccc3c(c2)OCO3)CNCCC1c1ccc(F)cc1.CC1(c2ccc(Cl)c(Cl)c2)CCC([N+](C)(C)C)c2ccccc21.COc1ccc(OCC2(C)CNCCC2c2ccc(F)cc2)cc1.C[N+](C)(C)C/C=C(/c1ccc(Br)cc1)c1cccnc1. The first-order valence-electron chi connectivity index (χ1n) is 39.9. The lowest BCUT2D eigenvalue weighted by molar-refractivity contribution is -0.903. The lowest BCUT2D eigenvalue weighted by atomic mass is 9.65. The van der Waals surface area contributed by atoms with Crippen molar-refractivity contribution in [3.8, 4) is 34.5 Å². The lowest BCUT2D eigenvalue weighted by Gasteiger charge is -2.44. The maximum absolute atomic E-state index is 13.3. The average Bonchev–Trinajstić information content (AvgIpc) is 0.950. The van der Waals surface area contributed by atoms with Gasteiger partial charge < -0.3 is 52.5 Å². The molecule has 1 aliphatic carbocycles. The molecule has 2 N–H and O–H groups in total. The zero-order valence-corrected chi connectivity index (χ0v) is 73.1. The summed E-state index contributed by atoms with van der Waals surface area (Å²) in [5, 5.41) is 8.19. The number of piperidine rings is 2. The molecular formula is C97H115BrCl2F5N6O6+3. The number of benzene rings is 9. The van der Waals surface area contributed by atoms with Gasteiger partial charge in [-0.05, 0) is 211 Å². The van der Waals surface area contributed by atoms with Crippen LogP contribution in [0.2, 0.25) is 10.0 Å². The highest BCUT2D eigenvalue weighted by molar-refractivity contribution is 9.10. The molecule has 0 bridgehead atoms. The van der Waals surface area contributed by atoms with Gasteiger partial charge in [-0.15, -0.1) is 0 Å². The molecule has 1 aromatic heterocycles. The predicted molar refractivity (Wildman–Crippen MR) is 467 cm³/mol. The Labute approximate surface area is 708 Å². The Kier molecular flexibility index (Phi) is 30.8. The number of hydrogen-bond acceptors (Lipinski definition) is 9. The highest BCUT2D eigenvalue weighted by Crippen LogP contribution is 2.50. The molecule has 622 valence electrons. The van der Waals surface area contributed by atoms with E-state index in [0.717, 1.165) is 141 Å². The minimum Gasteiger partial charge on any atom is -0.497 e. The van der Waals surface area contributed by atoms with Gasteiger partial charge in [-0.25, -0.2) is 8.78 Å². The van der Waals surface area contributed by atoms with Crippen LogP contribution in [0.1, 0.15) is 128 Å². The van der Waals surface area contributed by atoms with E-state index in [2.05, 4.69) is 182 Å². The monoisotopic (exact) mass is 1700 g/mol. The van der Waals surface area contributed by atoms with Crippen molar-refractivity contribution in [1.82, 2.24) is 15.6 Å². The summed E-state index contributed by atoms with van der Waals surface area (Å²) in [5.74, 6) is 4.61. The molecule has 3 aliphatic heterocycles. The molecule has 12 nitrogen and oxygen atoms in total. The number of likely N-dealkylation sites (N-methyl/N-ethyl adjacent to an activating group) is 1. The van der Waals surface area contributed by atoms with E-state index >= 15 is 0 Å². The van der Waals surface area contributed by atoms with Crippen LogP contribution < -0.4 is 39.1 Å². The van der Waals surface area contributed by atoms with Crippen LogP contribution in [0.4, 0.5) is 22.0 Å². The molecule has 10 aromatic rings. The molecule has 20 heteroatoms. The summed E-state index contributed by atoms with van der Waals surface area (Å²) in [7, 11) is 21.4. The first kappa shape index (κ1) is 90.5. The Hall–Kier alpha value is -8.82. The first-order valence-corrected chi connectivity index (χ1v) is 41.5. The van der Waals surface area contributed by atoms with Gasteiger partial charge in [-0.2, -0.15) is 13.2 Å². The van der Waals surface area contributed by atoms with Gasteiger partial charge in [0.2, 0.25) is 6.79 Å². The van der Waals surface area contributed by atoms with Gasteiger partial charge in [0.25, 0.3) is 0 Å². The van der Waals surface area contributed by atoms with Crippen LogP contribution in [0.25, 0.3) is 5.57 Å². The number of methoxy groups -OCH3 is 1. The lowest BCUT2D eigenvalue weighted by Crippen LogP contribution is -2.47. The quantitative estimate of drug-likeness (QED) is 0.0539. The Bertz CT molecular complexity index is 4820. The summed E-state index contributed by atoms with van der Waals surface area (Å²) in [4.78, 5) is 4.24. The number of nitrogens with one attached hydrogen (secondary N) is 2. The zero-order valence-electron chi connectivity index (χ0n) is 70.0. The van der Waals surface area contributed by atoms with Crippen molar-refractivity contribution in [2.45, 2.75) is 94.9 Å². The Morgan fingerprint density at radius 3 is 1.68 bits per heavy atom. The van der Waals surface area contributed by atoms with Crippen LogP contribution in [-0.4, -0.2) is 148 Å². The molecule has 2 saturated heterocycles. The molecule has 0 saturated carbocycles. The van der Waals surface area contributed by atoms with Crippen LogP contribution in [0, 0.1) is 22.5 Å². The Balaban J connectivity index is 0.000000155. The molecule has 2 fully saturated rings. The molecule has 0 spiro atoms. The van der Waals surface area contributed by atoms with E-state index in [-0.39, 0.29) is 34.7 Å². The molecule has 7 unspecified atom stereocenters. The third-order valence-corrected chi connectivity index (χ3v) is 23.8. The van der Waals surface area contributed by atoms with Crippen LogP contribution in [-0.2, 0) is 17.2 Å². The zero-order chi connectivity index (χ0) is 84.4. The standard InChI is InChI=1S/C20H24Cl2N.C20H25F3NO.C20H22FNO3.C20H24FNO2.C17H20BrN2/c1-20(14-9-10-17(21)18(22)13-14)12-11-19(23(2,3)4)15-7-5-6-8-16(15)20;1-19(14-15-24(2,3)4,16-8-6-5-7-9-16)25-18-12-10-17(11-13-18)20(21,22)23;1-20(12-23-16-6-7-18-19(10-16)25-13-24-18)11-22-9-8-17(20)14-2-4-15(21)5-3-14;1-20(14-24-18-9-7-17(23-2)8-10-18)13-22-12-11-19(20)15-3-5-16(21)6-4-15;1-20(2,3)12-10-17(15-5-4-11-19-13-15)14-6-8-16(18)9-7-14/h5-10,13,19H,11-12H2,1-4H3;5-13H,14-15H2,1-4H3;2-7,10,17,22H,8-9,11-13H2,1H3;3-10,19,22H,11-14H2,1-2H3;4-11,13H,12H2,1-3H3/q2*+1;;;+1/b;;;;17-10-. The molecule has 7 atom stereocenters. The van der Waals surface area contributed by atoms with Gasteiger partial charge in [-0.1, -0.05) is 163 Å². The van der Waals surface area contributed by atoms with Crippen molar-refractivity contribution in [3.05, 3.63) is 319 Å².